The first-order chi connectivity index (χ1) is 41.2. The van der Waals surface area contributed by atoms with Crippen LogP contribution in [0.3, 0.4) is 0 Å². The predicted octanol–water partition coefficient (Wildman–Crippen LogP) is 22.3. The number of benzene rings is 12. The van der Waals surface area contributed by atoms with Crippen molar-refractivity contribution in [2.24, 2.45) is 0 Å². The van der Waals surface area contributed by atoms with Gasteiger partial charge in [-0.1, -0.05) is 265 Å². The Labute approximate surface area is 495 Å². The van der Waals surface area contributed by atoms with Crippen LogP contribution < -0.4 is 9.80 Å². The number of nitrogens with zero attached hydrogens (tertiary/aromatic N) is 2. The van der Waals surface area contributed by atoms with Gasteiger partial charge in [-0.25, -0.2) is 0 Å². The monoisotopic (exact) mass is 1080 g/mol. The molecule has 0 aromatic heterocycles. The molecule has 1 aliphatic carbocycles. The van der Waals surface area contributed by atoms with Crippen molar-refractivity contribution >= 4 is 104 Å². The number of hydrogen-bond donors (Lipinski definition) is 0. The average Bonchev–Trinajstić information content (AvgIpc) is 1.50. The van der Waals surface area contributed by atoms with Gasteiger partial charge in [0.25, 0.3) is 0 Å². The maximum atomic E-state index is 2.54. The smallest absolute Gasteiger partial charge is 0.0580 e. The molecule has 0 unspecified atom stereocenters. The van der Waals surface area contributed by atoms with Crippen molar-refractivity contribution in [3.05, 3.63) is 344 Å². The van der Waals surface area contributed by atoms with E-state index in [0.29, 0.717) is 0 Å². The Balaban J connectivity index is 1.03. The van der Waals surface area contributed by atoms with Crippen LogP contribution in [-0.4, -0.2) is 0 Å². The van der Waals surface area contributed by atoms with E-state index in [9.17, 15) is 0 Å². The summed E-state index contributed by atoms with van der Waals surface area (Å²) in [6.07, 6.45) is 19.2. The van der Waals surface area contributed by atoms with E-state index < -0.39 is 0 Å². The van der Waals surface area contributed by atoms with Gasteiger partial charge in [0.05, 0.1) is 11.4 Å². The van der Waals surface area contributed by atoms with Gasteiger partial charge >= 0.3 is 0 Å². The van der Waals surface area contributed by atoms with Crippen LogP contribution in [-0.2, 0) is 12.8 Å². The van der Waals surface area contributed by atoms with Crippen LogP contribution in [0.1, 0.15) is 89.0 Å². The normalized spacial score (nSPS) is 12.2. The Morgan fingerprint density at radius 3 is 0.702 bits per heavy atom. The highest BCUT2D eigenvalue weighted by atomic mass is 15.2. The van der Waals surface area contributed by atoms with Gasteiger partial charge < -0.3 is 9.80 Å². The lowest BCUT2D eigenvalue weighted by molar-refractivity contribution is 0.994. The summed E-state index contributed by atoms with van der Waals surface area (Å²) >= 11 is 0. The zero-order valence-corrected chi connectivity index (χ0v) is 48.2. The molecule has 84 heavy (non-hydrogen) atoms. The Morgan fingerprint density at radius 2 is 0.464 bits per heavy atom. The molecule has 0 saturated heterocycles. The minimum Gasteiger partial charge on any atom is -0.310 e. The fourth-order valence-electron chi connectivity index (χ4n) is 11.7. The van der Waals surface area contributed by atoms with Gasteiger partial charge in [-0.2, -0.15) is 0 Å². The molecule has 404 valence electrons. The Kier molecular flexibility index (Phi) is 14.9. The molecule has 2 nitrogen and oxygen atoms in total. The molecule has 0 aliphatic heterocycles. The molecule has 0 radical (unpaired) electrons. The SMILES string of the molecule is Cc1ccc(/C=C/c2ccc(N(c3ccc(/C=C/c4ccc(C)cc4)cc3)c3c4c(c(N(c5ccc(/C=C/c6ccc(C)cc6)cc5)c5ccc(/C=C/c6ccc(C)cc6)cc5)c5cc6ccccc6cc35)Cc3ccccc3C4)cc2)cc1. The predicted molar refractivity (Wildman–Crippen MR) is 363 cm³/mol. The summed E-state index contributed by atoms with van der Waals surface area (Å²) in [5, 5.41) is 4.77. The van der Waals surface area contributed by atoms with Crippen molar-refractivity contribution in [1.29, 1.82) is 0 Å². The van der Waals surface area contributed by atoms with E-state index in [2.05, 4.69) is 341 Å². The van der Waals surface area contributed by atoms with Crippen molar-refractivity contribution in [2.75, 3.05) is 9.80 Å². The first-order valence-corrected chi connectivity index (χ1v) is 29.3. The molecular weight excluding hydrogens is 1010 g/mol. The molecule has 13 rings (SSSR count). The van der Waals surface area contributed by atoms with Crippen LogP contribution in [0, 0.1) is 27.7 Å². The standard InChI is InChI=1S/C82H66N2/c1-57-13-21-61(22-14-57)29-33-65-37-45-73(46-38-65)83(74-47-39-66(40-48-74)34-30-62-23-15-58(2)16-24-62)81-77-53-69-9-5-7-11-71(69)55-79(77)82(80-56-72-12-8-6-10-70(72)54-78(80)81)84(75-49-41-67(42-50-75)35-31-63-25-17-59(3)18-26-63)76-51-43-68(44-52-76)36-32-64-27-19-60(4)20-28-64/h5-53,55H,54,56H2,1-4H3/b33-29+,34-30+,35-31+,36-32+. The molecular formula is C82H66N2. The third kappa shape index (κ3) is 11.6. The second-order valence-corrected chi connectivity index (χ2v) is 22.5. The molecule has 12 aromatic carbocycles. The summed E-state index contributed by atoms with van der Waals surface area (Å²) in [4.78, 5) is 5.09. The second-order valence-electron chi connectivity index (χ2n) is 22.5. The Bertz CT molecular complexity index is 3940. The average molecular weight is 1080 g/mol. The third-order valence-electron chi connectivity index (χ3n) is 16.4. The van der Waals surface area contributed by atoms with Gasteiger partial charge in [0.1, 0.15) is 0 Å². The van der Waals surface area contributed by atoms with Gasteiger partial charge in [0.15, 0.2) is 0 Å². The maximum absolute atomic E-state index is 2.54. The highest BCUT2D eigenvalue weighted by Crippen LogP contribution is 2.53. The lowest BCUT2D eigenvalue weighted by Gasteiger charge is -2.37. The molecule has 12 aromatic rings. The number of fused-ring (bicyclic) bond motifs is 4. The summed E-state index contributed by atoms with van der Waals surface area (Å²) in [5.41, 5.74) is 26.4. The summed E-state index contributed by atoms with van der Waals surface area (Å²) in [6.45, 7) is 8.54. The number of anilines is 6. The quantitative estimate of drug-likeness (QED) is 0.0608. The van der Waals surface area contributed by atoms with Crippen molar-refractivity contribution in [2.45, 2.75) is 40.5 Å². The zero-order valence-electron chi connectivity index (χ0n) is 48.2. The van der Waals surface area contributed by atoms with Crippen LogP contribution in [0.2, 0.25) is 0 Å². The highest BCUT2D eigenvalue weighted by Gasteiger charge is 2.32. The van der Waals surface area contributed by atoms with Crippen LogP contribution >= 0.6 is 0 Å². The van der Waals surface area contributed by atoms with E-state index in [1.165, 1.54) is 99.7 Å². The van der Waals surface area contributed by atoms with E-state index >= 15 is 0 Å². The Hall–Kier alpha value is -10.3. The van der Waals surface area contributed by atoms with Gasteiger partial charge in [-0.15, -0.1) is 0 Å². The summed E-state index contributed by atoms with van der Waals surface area (Å²) < 4.78 is 0. The topological polar surface area (TPSA) is 6.48 Å². The van der Waals surface area contributed by atoms with Crippen molar-refractivity contribution in [3.63, 3.8) is 0 Å². The molecule has 0 N–H and O–H groups in total. The van der Waals surface area contributed by atoms with Crippen LogP contribution in [0.25, 0.3) is 70.2 Å². The van der Waals surface area contributed by atoms with Crippen LogP contribution in [0.15, 0.2) is 255 Å². The van der Waals surface area contributed by atoms with Gasteiger partial charge in [0.2, 0.25) is 0 Å². The van der Waals surface area contributed by atoms with E-state index in [-0.39, 0.29) is 0 Å². The lowest BCUT2D eigenvalue weighted by atomic mass is 9.80. The highest BCUT2D eigenvalue weighted by molar-refractivity contribution is 6.15. The van der Waals surface area contributed by atoms with Crippen LogP contribution in [0.4, 0.5) is 34.1 Å². The maximum Gasteiger partial charge on any atom is 0.0580 e. The Morgan fingerprint density at radius 1 is 0.250 bits per heavy atom. The number of hydrogen-bond acceptors (Lipinski definition) is 2. The summed E-state index contributed by atoms with van der Waals surface area (Å²) in [7, 11) is 0. The fraction of sp³-hybridized carbons (Fsp3) is 0.0732. The van der Waals surface area contributed by atoms with Crippen molar-refractivity contribution < 1.29 is 0 Å². The van der Waals surface area contributed by atoms with Gasteiger partial charge in [0, 0.05) is 46.4 Å². The molecule has 2 heteroatoms. The van der Waals surface area contributed by atoms with Crippen molar-refractivity contribution in [3.8, 4) is 0 Å². The zero-order chi connectivity index (χ0) is 56.9. The molecule has 0 heterocycles. The summed E-state index contributed by atoms with van der Waals surface area (Å²) in [5.74, 6) is 0. The minimum atomic E-state index is 0.765. The lowest BCUT2D eigenvalue weighted by Crippen LogP contribution is -2.21. The van der Waals surface area contributed by atoms with Gasteiger partial charge in [-0.3, -0.25) is 0 Å². The number of aryl methyl sites for hydroxylation is 4. The third-order valence-corrected chi connectivity index (χ3v) is 16.4. The molecule has 0 spiro atoms. The van der Waals surface area contributed by atoms with E-state index in [1.54, 1.807) is 0 Å². The largest absolute Gasteiger partial charge is 0.310 e. The first-order valence-electron chi connectivity index (χ1n) is 29.3. The fourth-order valence-corrected chi connectivity index (χ4v) is 11.7. The molecule has 0 saturated carbocycles. The molecule has 1 aliphatic rings. The molecule has 0 fully saturated rings. The molecule has 0 bridgehead atoms. The van der Waals surface area contributed by atoms with E-state index in [1.807, 2.05) is 0 Å². The summed E-state index contributed by atoms with van der Waals surface area (Å²) in [6, 6.07) is 94.3. The second kappa shape index (κ2) is 23.7. The van der Waals surface area contributed by atoms with Crippen molar-refractivity contribution in [1.82, 2.24) is 0 Å². The van der Waals surface area contributed by atoms with E-state index in [0.717, 1.165) is 57.8 Å². The number of rotatable bonds is 14. The van der Waals surface area contributed by atoms with E-state index in [4.69, 9.17) is 0 Å². The first kappa shape index (κ1) is 53.1. The van der Waals surface area contributed by atoms with Gasteiger partial charge in [-0.05, 0) is 166 Å². The minimum absolute atomic E-state index is 0.765. The molecule has 0 atom stereocenters. The van der Waals surface area contributed by atoms with Crippen LogP contribution in [0.5, 0.6) is 0 Å². The molecule has 0 amide bonds.